The molecule has 2 aliphatic rings. The summed E-state index contributed by atoms with van der Waals surface area (Å²) in [5.74, 6) is -0.383. The van der Waals surface area contributed by atoms with Gasteiger partial charge in [0.2, 0.25) is 5.91 Å². The molecule has 2 heterocycles. The van der Waals surface area contributed by atoms with E-state index in [1.54, 1.807) is 41.3 Å². The van der Waals surface area contributed by atoms with Crippen LogP contribution in [0.5, 0.6) is 5.75 Å². The van der Waals surface area contributed by atoms with Gasteiger partial charge in [0.25, 0.3) is 11.1 Å². The molecule has 0 spiro atoms. The summed E-state index contributed by atoms with van der Waals surface area (Å²) in [6.45, 7) is 2.24. The van der Waals surface area contributed by atoms with E-state index < -0.39 is 11.1 Å². The van der Waals surface area contributed by atoms with Crippen LogP contribution in [0, 0.1) is 11.3 Å². The highest BCUT2D eigenvalue weighted by Gasteiger charge is 2.37. The number of piperazine rings is 1. The molecule has 41 heavy (non-hydrogen) atoms. The Morgan fingerprint density at radius 3 is 2.46 bits per heavy atom. The number of thioether (sulfide) groups is 1. The molecular weight excluding hydrogens is 628 g/mol. The molecule has 3 amide bonds. The molecular formula is C30H24BrClN4O4S. The Kier molecular flexibility index (Phi) is 8.98. The summed E-state index contributed by atoms with van der Waals surface area (Å²) in [6, 6.07) is 22.6. The van der Waals surface area contributed by atoms with E-state index in [0.717, 1.165) is 27.9 Å². The third-order valence-electron chi connectivity index (χ3n) is 6.75. The number of hydrogen-bond donors (Lipinski definition) is 0. The first-order valence-corrected chi connectivity index (χ1v) is 14.8. The summed E-state index contributed by atoms with van der Waals surface area (Å²) < 4.78 is 6.43. The average molecular weight is 652 g/mol. The number of benzene rings is 3. The Labute approximate surface area is 255 Å². The number of hydrogen-bond acceptors (Lipinski definition) is 7. The highest BCUT2D eigenvalue weighted by molar-refractivity contribution is 9.10. The molecule has 0 unspecified atom stereocenters. The lowest BCUT2D eigenvalue weighted by atomic mass is 10.1. The van der Waals surface area contributed by atoms with E-state index >= 15 is 0 Å². The van der Waals surface area contributed by atoms with E-state index in [2.05, 4.69) is 26.9 Å². The first kappa shape index (κ1) is 28.7. The van der Waals surface area contributed by atoms with Crippen molar-refractivity contribution in [3.05, 3.63) is 97.8 Å². The number of nitriles is 1. The van der Waals surface area contributed by atoms with Gasteiger partial charge >= 0.3 is 0 Å². The van der Waals surface area contributed by atoms with Crippen LogP contribution in [-0.2, 0) is 16.2 Å². The smallest absolute Gasteiger partial charge is 0.294 e. The maximum atomic E-state index is 13.1. The van der Waals surface area contributed by atoms with Gasteiger partial charge in [-0.3, -0.25) is 19.3 Å². The second-order valence-electron chi connectivity index (χ2n) is 9.34. The number of halogens is 2. The molecule has 0 atom stereocenters. The summed E-state index contributed by atoms with van der Waals surface area (Å²) in [5, 5.41) is 9.10. The first-order valence-electron chi connectivity index (χ1n) is 12.8. The molecule has 2 saturated heterocycles. The van der Waals surface area contributed by atoms with Crippen molar-refractivity contribution in [3.8, 4) is 11.8 Å². The van der Waals surface area contributed by atoms with Gasteiger partial charge in [0.15, 0.2) is 5.75 Å². The maximum absolute atomic E-state index is 13.1. The fourth-order valence-electron chi connectivity index (χ4n) is 4.58. The SMILES string of the molecule is N#Cc1ccccc1COc1c(Cl)cc(/C=C2/SC(=O)N(CC(=O)N3CCN(c4ccccc4)CC3)C2=O)cc1Br. The van der Waals surface area contributed by atoms with Gasteiger partial charge in [0.05, 0.1) is 26.0 Å². The topological polar surface area (TPSA) is 93.9 Å². The van der Waals surface area contributed by atoms with Crippen LogP contribution in [0.2, 0.25) is 5.02 Å². The first-order chi connectivity index (χ1) is 19.8. The Morgan fingerprint density at radius 2 is 1.76 bits per heavy atom. The summed E-state index contributed by atoms with van der Waals surface area (Å²) in [6.07, 6.45) is 1.57. The zero-order chi connectivity index (χ0) is 28.9. The van der Waals surface area contributed by atoms with Crippen LogP contribution in [0.3, 0.4) is 0 Å². The molecule has 0 saturated carbocycles. The van der Waals surface area contributed by atoms with Crippen LogP contribution >= 0.6 is 39.3 Å². The van der Waals surface area contributed by atoms with Crippen LogP contribution in [0.1, 0.15) is 16.7 Å². The number of anilines is 1. The van der Waals surface area contributed by atoms with Gasteiger partial charge in [-0.1, -0.05) is 48.0 Å². The number of carbonyl (C=O) groups excluding carboxylic acids is 3. The van der Waals surface area contributed by atoms with Crippen LogP contribution in [0.4, 0.5) is 10.5 Å². The standard InChI is InChI=1S/C30H24BrClN4O4S/c31-24-14-20(15-25(32)28(24)40-19-22-7-5-4-6-21(22)17-33)16-26-29(38)36(30(39)41-26)18-27(37)35-12-10-34(11-13-35)23-8-2-1-3-9-23/h1-9,14-16H,10-13,18-19H2/b26-16+. The minimum absolute atomic E-state index is 0.148. The fourth-order valence-corrected chi connectivity index (χ4v) is 6.41. The van der Waals surface area contributed by atoms with E-state index in [-0.39, 0.29) is 24.0 Å². The predicted octanol–water partition coefficient (Wildman–Crippen LogP) is 5.94. The Balaban J connectivity index is 1.21. The molecule has 3 aromatic rings. The van der Waals surface area contributed by atoms with E-state index in [4.69, 9.17) is 16.3 Å². The molecule has 0 aliphatic carbocycles. The Morgan fingerprint density at radius 1 is 1.05 bits per heavy atom. The lowest BCUT2D eigenvalue weighted by Crippen LogP contribution is -2.51. The summed E-state index contributed by atoms with van der Waals surface area (Å²) in [5.41, 5.74) is 2.93. The molecule has 2 fully saturated rings. The van der Waals surface area contributed by atoms with Crippen LogP contribution in [0.25, 0.3) is 6.08 Å². The summed E-state index contributed by atoms with van der Waals surface area (Å²) in [7, 11) is 0. The van der Waals surface area contributed by atoms with Gasteiger partial charge in [-0.05, 0) is 69.7 Å². The monoisotopic (exact) mass is 650 g/mol. The molecule has 5 rings (SSSR count). The van der Waals surface area contributed by atoms with Crippen molar-refractivity contribution in [1.29, 1.82) is 5.26 Å². The predicted molar refractivity (Wildman–Crippen MR) is 163 cm³/mol. The van der Waals surface area contributed by atoms with Crippen molar-refractivity contribution in [2.24, 2.45) is 0 Å². The van der Waals surface area contributed by atoms with Crippen molar-refractivity contribution in [1.82, 2.24) is 9.80 Å². The fraction of sp³-hybridized carbons (Fsp3) is 0.200. The zero-order valence-electron chi connectivity index (χ0n) is 21.8. The highest BCUT2D eigenvalue weighted by atomic mass is 79.9. The normalized spacial score (nSPS) is 16.3. The van der Waals surface area contributed by atoms with Crippen LogP contribution in [0.15, 0.2) is 76.1 Å². The Bertz CT molecular complexity index is 1550. The molecule has 0 aromatic heterocycles. The minimum atomic E-state index is -0.517. The highest BCUT2D eigenvalue weighted by Crippen LogP contribution is 2.38. The number of imide groups is 1. The zero-order valence-corrected chi connectivity index (χ0v) is 24.9. The van der Waals surface area contributed by atoms with Gasteiger partial charge in [-0.2, -0.15) is 5.26 Å². The quantitative estimate of drug-likeness (QED) is 0.292. The van der Waals surface area contributed by atoms with Gasteiger partial charge in [0, 0.05) is 37.4 Å². The Hall–Kier alpha value is -3.78. The summed E-state index contributed by atoms with van der Waals surface area (Å²) >= 11 is 10.7. The van der Waals surface area contributed by atoms with Gasteiger partial charge in [0.1, 0.15) is 13.2 Å². The van der Waals surface area contributed by atoms with Crippen LogP contribution in [-0.4, -0.2) is 59.6 Å². The lowest BCUT2D eigenvalue weighted by molar-refractivity contribution is -0.136. The second-order valence-corrected chi connectivity index (χ2v) is 11.6. The van der Waals surface area contributed by atoms with Crippen molar-refractivity contribution in [2.45, 2.75) is 6.61 Å². The molecule has 8 nitrogen and oxygen atoms in total. The average Bonchev–Trinajstić information content (AvgIpc) is 3.24. The molecule has 0 N–H and O–H groups in total. The van der Waals surface area contributed by atoms with E-state index in [9.17, 15) is 19.6 Å². The molecule has 2 aliphatic heterocycles. The van der Waals surface area contributed by atoms with Gasteiger partial charge < -0.3 is 14.5 Å². The van der Waals surface area contributed by atoms with Gasteiger partial charge in [-0.15, -0.1) is 0 Å². The number of amides is 3. The summed E-state index contributed by atoms with van der Waals surface area (Å²) in [4.78, 5) is 43.8. The van der Waals surface area contributed by atoms with Crippen LogP contribution < -0.4 is 9.64 Å². The van der Waals surface area contributed by atoms with Crippen molar-refractivity contribution in [2.75, 3.05) is 37.6 Å². The number of ether oxygens (including phenoxy) is 1. The van der Waals surface area contributed by atoms with E-state index in [1.165, 1.54) is 0 Å². The van der Waals surface area contributed by atoms with Gasteiger partial charge in [-0.25, -0.2) is 0 Å². The largest absolute Gasteiger partial charge is 0.486 e. The number of para-hydroxylation sites is 1. The number of carbonyl (C=O) groups is 3. The van der Waals surface area contributed by atoms with Crippen molar-refractivity contribution < 1.29 is 19.1 Å². The lowest BCUT2D eigenvalue weighted by Gasteiger charge is -2.36. The molecule has 3 aromatic carbocycles. The molecule has 11 heteroatoms. The third-order valence-corrected chi connectivity index (χ3v) is 8.53. The van der Waals surface area contributed by atoms with Crippen molar-refractivity contribution in [3.63, 3.8) is 0 Å². The number of nitrogens with zero attached hydrogens (tertiary/aromatic N) is 4. The second kappa shape index (κ2) is 12.8. The van der Waals surface area contributed by atoms with Crippen molar-refractivity contribution >= 4 is 68.1 Å². The minimum Gasteiger partial charge on any atom is -0.486 e. The van der Waals surface area contributed by atoms with E-state index in [1.807, 2.05) is 36.4 Å². The third kappa shape index (κ3) is 6.59. The molecule has 0 radical (unpaired) electrons. The molecule has 208 valence electrons. The molecule has 0 bridgehead atoms. The van der Waals surface area contributed by atoms with E-state index in [0.29, 0.717) is 52.6 Å². The number of rotatable bonds is 7. The maximum Gasteiger partial charge on any atom is 0.294 e.